The Morgan fingerprint density at radius 3 is 2.33 bits per heavy atom. The summed E-state index contributed by atoms with van der Waals surface area (Å²) in [4.78, 5) is 50.4. The lowest BCUT2D eigenvalue weighted by Crippen LogP contribution is -2.40. The molecular weight excluding hydrogens is 614 g/mol. The molecule has 0 aliphatic heterocycles. The average molecular weight is 666 g/mol. The Labute approximate surface area is 283 Å². The molecule has 262 valence electrons. The van der Waals surface area contributed by atoms with Crippen LogP contribution >= 0.6 is 0 Å². The van der Waals surface area contributed by atoms with Gasteiger partial charge in [-0.2, -0.15) is 0 Å². The van der Waals surface area contributed by atoms with E-state index in [2.05, 4.69) is 16.0 Å². The average Bonchev–Trinajstić information content (AvgIpc) is 3.32. The molecule has 2 amide bonds. The minimum absolute atomic E-state index is 0.00474. The van der Waals surface area contributed by atoms with Crippen molar-refractivity contribution in [2.75, 3.05) is 46.8 Å². The van der Waals surface area contributed by atoms with Crippen LogP contribution < -0.4 is 35.6 Å². The van der Waals surface area contributed by atoms with Gasteiger partial charge in [-0.3, -0.25) is 19.2 Å². The minimum Gasteiger partial charge on any atom is -0.493 e. The zero-order chi connectivity index (χ0) is 34.7. The Kier molecular flexibility index (Phi) is 13.1. The van der Waals surface area contributed by atoms with Crippen LogP contribution in [0.25, 0.3) is 11.1 Å². The van der Waals surface area contributed by atoms with Gasteiger partial charge in [0.25, 0.3) is 0 Å². The fraction of sp³-hybridized carbons (Fsp3) is 0.568. The summed E-state index contributed by atoms with van der Waals surface area (Å²) in [6.45, 7) is 2.54. The second kappa shape index (κ2) is 17.2. The molecular formula is C37H51N3O8. The summed E-state index contributed by atoms with van der Waals surface area (Å²) < 4.78 is 22.0. The Bertz CT molecular complexity index is 1520. The minimum atomic E-state index is -0.376. The summed E-state index contributed by atoms with van der Waals surface area (Å²) in [6.07, 6.45) is 9.41. The third kappa shape index (κ3) is 8.99. The van der Waals surface area contributed by atoms with Crippen molar-refractivity contribution in [1.82, 2.24) is 10.6 Å². The fourth-order valence-corrected chi connectivity index (χ4v) is 7.13. The number of rotatable bonds is 15. The first-order chi connectivity index (χ1) is 23.1. The van der Waals surface area contributed by atoms with Crippen LogP contribution in [0.5, 0.6) is 17.2 Å². The van der Waals surface area contributed by atoms with Gasteiger partial charge in [-0.05, 0) is 78.8 Å². The Balaban J connectivity index is 1.41. The van der Waals surface area contributed by atoms with Gasteiger partial charge in [0.1, 0.15) is 0 Å². The molecule has 1 unspecified atom stereocenters. The number of anilines is 1. The van der Waals surface area contributed by atoms with Crippen molar-refractivity contribution in [1.29, 1.82) is 0 Å². The zero-order valence-corrected chi connectivity index (χ0v) is 29.1. The van der Waals surface area contributed by atoms with Crippen LogP contribution in [-0.4, -0.2) is 59.3 Å². The summed E-state index contributed by atoms with van der Waals surface area (Å²) in [5, 5.41) is 9.39. The smallest absolute Gasteiger partial charge is 0.306 e. The topological polar surface area (TPSA) is 141 Å². The van der Waals surface area contributed by atoms with Crippen LogP contribution in [0, 0.1) is 5.41 Å². The number of nitrogens with one attached hydrogen (secondary N) is 3. The first-order valence-corrected chi connectivity index (χ1v) is 17.0. The molecule has 2 aromatic carbocycles. The quantitative estimate of drug-likeness (QED) is 0.167. The van der Waals surface area contributed by atoms with E-state index in [0.717, 1.165) is 68.1 Å². The van der Waals surface area contributed by atoms with Gasteiger partial charge in [0.15, 0.2) is 11.5 Å². The summed E-state index contributed by atoms with van der Waals surface area (Å²) in [7, 11) is 6.11. The first kappa shape index (κ1) is 36.6. The number of hydrogen-bond acceptors (Lipinski definition) is 9. The monoisotopic (exact) mass is 665 g/mol. The van der Waals surface area contributed by atoms with E-state index in [1.54, 1.807) is 33.5 Å². The predicted octanol–water partition coefficient (Wildman–Crippen LogP) is 5.47. The van der Waals surface area contributed by atoms with E-state index in [9.17, 15) is 19.2 Å². The molecule has 2 aliphatic rings. The molecule has 0 radical (unpaired) electrons. The van der Waals surface area contributed by atoms with Crippen molar-refractivity contribution < 1.29 is 33.3 Å². The highest BCUT2D eigenvalue weighted by molar-refractivity contribution is 5.84. The largest absolute Gasteiger partial charge is 0.493 e. The third-order valence-electron chi connectivity index (χ3n) is 9.63. The number of hydrogen-bond donors (Lipinski definition) is 3. The van der Waals surface area contributed by atoms with Gasteiger partial charge in [0, 0.05) is 32.0 Å². The summed E-state index contributed by atoms with van der Waals surface area (Å²) in [5.74, 6) is 1.10. The van der Waals surface area contributed by atoms with E-state index in [1.807, 2.05) is 12.1 Å². The zero-order valence-electron chi connectivity index (χ0n) is 29.1. The van der Waals surface area contributed by atoms with Crippen molar-refractivity contribution in [3.8, 4) is 28.4 Å². The Morgan fingerprint density at radius 2 is 1.67 bits per heavy atom. The van der Waals surface area contributed by atoms with Crippen molar-refractivity contribution >= 4 is 23.5 Å². The van der Waals surface area contributed by atoms with Crippen LogP contribution in [-0.2, 0) is 25.5 Å². The molecule has 11 heteroatoms. The molecule has 48 heavy (non-hydrogen) atoms. The molecule has 1 atom stereocenters. The number of esters is 1. The lowest BCUT2D eigenvalue weighted by Gasteiger charge is -2.36. The number of carbonyl (C=O) groups excluding carboxylic acids is 3. The number of fused-ring (bicyclic) bond motifs is 3. The van der Waals surface area contributed by atoms with Crippen molar-refractivity contribution in [3.63, 3.8) is 0 Å². The van der Waals surface area contributed by atoms with Gasteiger partial charge < -0.3 is 34.9 Å². The van der Waals surface area contributed by atoms with Crippen molar-refractivity contribution in [2.24, 2.45) is 5.41 Å². The molecule has 2 aromatic rings. The van der Waals surface area contributed by atoms with Crippen molar-refractivity contribution in [2.45, 2.75) is 90.0 Å². The molecule has 2 aliphatic carbocycles. The maximum atomic E-state index is 13.5. The highest BCUT2D eigenvalue weighted by Gasteiger charge is 2.35. The van der Waals surface area contributed by atoms with E-state index < -0.39 is 0 Å². The second-order valence-corrected chi connectivity index (χ2v) is 12.9. The van der Waals surface area contributed by atoms with Gasteiger partial charge >= 0.3 is 5.97 Å². The molecule has 4 rings (SSSR count). The Hall–Kier alpha value is -4.28. The van der Waals surface area contributed by atoms with E-state index in [-0.39, 0.29) is 34.7 Å². The number of benzene rings is 1. The normalized spacial score (nSPS) is 16.3. The van der Waals surface area contributed by atoms with Gasteiger partial charge in [-0.1, -0.05) is 31.7 Å². The third-order valence-corrected chi connectivity index (χ3v) is 9.63. The van der Waals surface area contributed by atoms with Gasteiger partial charge in [0.05, 0.1) is 46.6 Å². The number of methoxy groups -OCH3 is 4. The number of unbranched alkanes of at least 4 members (excludes halogenated alkanes) is 2. The van der Waals surface area contributed by atoms with Crippen molar-refractivity contribution in [3.05, 3.63) is 45.6 Å². The standard InChI is InChI=1S/C37H51N3O8/c1-24(41)40-28-15-13-25-20-31(45-2)35(47-4)36(48-5)34(25)26-14-16-29(30(42)21-27(26)28)38-19-11-6-8-12-32(43)39-23-37(22-33(44)46-3)17-9-7-10-18-37/h14,16,20-21,28H,6-13,15,17-19,22-23H2,1-5H3,(H,38,42)(H,39,43)(H,40,41). The van der Waals surface area contributed by atoms with Crippen LogP contribution in [0.1, 0.15) is 94.7 Å². The van der Waals surface area contributed by atoms with E-state index in [0.29, 0.717) is 67.3 Å². The van der Waals surface area contributed by atoms with Gasteiger partial charge in [0.2, 0.25) is 23.0 Å². The maximum absolute atomic E-state index is 13.5. The van der Waals surface area contributed by atoms with Gasteiger partial charge in [-0.25, -0.2) is 0 Å². The lowest BCUT2D eigenvalue weighted by atomic mass is 9.71. The van der Waals surface area contributed by atoms with E-state index >= 15 is 0 Å². The highest BCUT2D eigenvalue weighted by Crippen LogP contribution is 2.50. The molecule has 0 spiro atoms. The fourth-order valence-electron chi connectivity index (χ4n) is 7.13. The van der Waals surface area contributed by atoms with Crippen LogP contribution in [0.3, 0.4) is 0 Å². The first-order valence-electron chi connectivity index (χ1n) is 17.0. The lowest BCUT2D eigenvalue weighted by molar-refractivity contribution is -0.144. The highest BCUT2D eigenvalue weighted by atomic mass is 16.5. The number of aryl methyl sites for hydroxylation is 1. The second-order valence-electron chi connectivity index (χ2n) is 12.9. The molecule has 0 saturated heterocycles. The van der Waals surface area contributed by atoms with Crippen LogP contribution in [0.4, 0.5) is 5.69 Å². The van der Waals surface area contributed by atoms with E-state index in [4.69, 9.17) is 18.9 Å². The number of carbonyl (C=O) groups is 3. The Morgan fingerprint density at radius 1 is 0.917 bits per heavy atom. The summed E-state index contributed by atoms with van der Waals surface area (Å²) in [5.41, 5.74) is 3.31. The SMILES string of the molecule is COC(=O)CC1(CNC(=O)CCCCCNc2ccc3c(cc2=O)C(NC(C)=O)CCc2cc(OC)c(OC)c(OC)c2-3)CCCCC1. The summed E-state index contributed by atoms with van der Waals surface area (Å²) in [6, 6.07) is 6.83. The maximum Gasteiger partial charge on any atom is 0.306 e. The number of amides is 2. The molecule has 0 heterocycles. The predicted molar refractivity (Wildman–Crippen MR) is 185 cm³/mol. The molecule has 1 fully saturated rings. The molecule has 1 saturated carbocycles. The number of ether oxygens (including phenoxy) is 4. The molecule has 0 bridgehead atoms. The molecule has 0 aromatic heterocycles. The summed E-state index contributed by atoms with van der Waals surface area (Å²) >= 11 is 0. The molecule has 11 nitrogen and oxygen atoms in total. The van der Waals surface area contributed by atoms with Crippen LogP contribution in [0.15, 0.2) is 29.1 Å². The molecule has 3 N–H and O–H groups in total. The van der Waals surface area contributed by atoms with Crippen LogP contribution in [0.2, 0.25) is 0 Å². The van der Waals surface area contributed by atoms with Gasteiger partial charge in [-0.15, -0.1) is 0 Å². The van der Waals surface area contributed by atoms with E-state index in [1.165, 1.54) is 14.0 Å².